The molecule has 1 aromatic rings. The van der Waals surface area contributed by atoms with Gasteiger partial charge in [-0.05, 0) is 25.3 Å². The number of aliphatic carboxylic acids is 1. The molecule has 1 aliphatic heterocycles. The number of aryl methyl sites for hydroxylation is 1. The average Bonchev–Trinajstić information content (AvgIpc) is 2.47. The zero-order valence-corrected chi connectivity index (χ0v) is 11.6. The second-order valence-electron chi connectivity index (χ2n) is 5.18. The lowest BCUT2D eigenvalue weighted by atomic mass is 9.97. The van der Waals surface area contributed by atoms with E-state index in [1.165, 1.54) is 23.1 Å². The van der Waals surface area contributed by atoms with Crippen LogP contribution in [0.1, 0.15) is 28.8 Å². The molecular weight excluding hydrogens is 276 g/mol. The number of rotatable bonds is 3. The normalized spacial score (nSPS) is 18.3. The van der Waals surface area contributed by atoms with Crippen molar-refractivity contribution in [2.45, 2.75) is 19.8 Å². The largest absolute Gasteiger partial charge is 0.481 e. The van der Waals surface area contributed by atoms with E-state index in [4.69, 9.17) is 5.11 Å². The molecule has 0 aliphatic carbocycles. The molecule has 0 unspecified atom stereocenters. The molecule has 7 heteroatoms. The van der Waals surface area contributed by atoms with E-state index in [1.54, 1.807) is 6.92 Å². The lowest BCUT2D eigenvalue weighted by molar-refractivity contribution is -0.384. The molecular formula is C14H16N2O5. The summed E-state index contributed by atoms with van der Waals surface area (Å²) in [4.78, 5) is 35.2. The first-order valence-electron chi connectivity index (χ1n) is 6.67. The number of hydrogen-bond donors (Lipinski definition) is 1. The molecule has 1 atom stereocenters. The number of benzene rings is 1. The van der Waals surface area contributed by atoms with Crippen LogP contribution in [0.4, 0.5) is 5.69 Å². The minimum absolute atomic E-state index is 0.143. The number of nitro benzene ring substituents is 1. The van der Waals surface area contributed by atoms with E-state index in [0.717, 1.165) is 0 Å². The summed E-state index contributed by atoms with van der Waals surface area (Å²) in [7, 11) is 0. The molecule has 0 spiro atoms. The van der Waals surface area contributed by atoms with Gasteiger partial charge in [0.05, 0.1) is 10.8 Å². The fraction of sp³-hybridized carbons (Fsp3) is 0.429. The molecule has 1 N–H and O–H groups in total. The van der Waals surface area contributed by atoms with E-state index in [9.17, 15) is 19.7 Å². The van der Waals surface area contributed by atoms with Gasteiger partial charge in [-0.2, -0.15) is 0 Å². The Kier molecular flexibility index (Phi) is 4.21. The number of carboxylic acid groups (broad SMARTS) is 1. The summed E-state index contributed by atoms with van der Waals surface area (Å²) in [5.41, 5.74) is 0.758. The Bertz CT molecular complexity index is 599. The zero-order valence-electron chi connectivity index (χ0n) is 11.6. The van der Waals surface area contributed by atoms with Crippen LogP contribution < -0.4 is 0 Å². The third-order valence-corrected chi connectivity index (χ3v) is 3.72. The zero-order chi connectivity index (χ0) is 15.6. The highest BCUT2D eigenvalue weighted by atomic mass is 16.6. The van der Waals surface area contributed by atoms with Gasteiger partial charge >= 0.3 is 5.97 Å². The van der Waals surface area contributed by atoms with Crippen LogP contribution in [0, 0.1) is 23.0 Å². The van der Waals surface area contributed by atoms with E-state index in [2.05, 4.69) is 0 Å². The summed E-state index contributed by atoms with van der Waals surface area (Å²) in [6.07, 6.45) is 1.17. The highest BCUT2D eigenvalue weighted by Crippen LogP contribution is 2.23. The number of amides is 1. The summed E-state index contributed by atoms with van der Waals surface area (Å²) in [6.45, 7) is 2.33. The van der Waals surface area contributed by atoms with Crippen molar-refractivity contribution in [2.75, 3.05) is 13.1 Å². The van der Waals surface area contributed by atoms with Crippen LogP contribution in [-0.4, -0.2) is 39.9 Å². The molecule has 21 heavy (non-hydrogen) atoms. The first kappa shape index (κ1) is 15.0. The summed E-state index contributed by atoms with van der Waals surface area (Å²) in [6, 6.07) is 4.13. The molecule has 1 heterocycles. The SMILES string of the molecule is Cc1ccc([N+](=O)[O-])cc1C(=O)N1CCC[C@H](C(=O)O)C1. The van der Waals surface area contributed by atoms with Gasteiger partial charge in [-0.15, -0.1) is 0 Å². The molecule has 0 bridgehead atoms. The Morgan fingerprint density at radius 2 is 2.14 bits per heavy atom. The van der Waals surface area contributed by atoms with Crippen molar-refractivity contribution < 1.29 is 19.6 Å². The monoisotopic (exact) mass is 292 g/mol. The van der Waals surface area contributed by atoms with Gasteiger partial charge in [0, 0.05) is 30.8 Å². The summed E-state index contributed by atoms with van der Waals surface area (Å²) in [5, 5.41) is 19.9. The van der Waals surface area contributed by atoms with Crippen molar-refractivity contribution in [3.8, 4) is 0 Å². The number of hydrogen-bond acceptors (Lipinski definition) is 4. The van der Waals surface area contributed by atoms with E-state index >= 15 is 0 Å². The molecule has 0 aromatic heterocycles. The Balaban J connectivity index is 2.25. The van der Waals surface area contributed by atoms with Gasteiger partial charge in [-0.1, -0.05) is 6.07 Å². The Hall–Kier alpha value is -2.44. The molecule has 0 saturated carbocycles. The van der Waals surface area contributed by atoms with Gasteiger partial charge in [-0.3, -0.25) is 19.7 Å². The topological polar surface area (TPSA) is 101 Å². The molecule has 1 fully saturated rings. The number of nitrogens with zero attached hydrogens (tertiary/aromatic N) is 2. The minimum atomic E-state index is -0.914. The average molecular weight is 292 g/mol. The Morgan fingerprint density at radius 1 is 1.43 bits per heavy atom. The highest BCUT2D eigenvalue weighted by molar-refractivity contribution is 5.96. The van der Waals surface area contributed by atoms with Crippen molar-refractivity contribution in [1.29, 1.82) is 0 Å². The van der Waals surface area contributed by atoms with Crippen molar-refractivity contribution in [3.63, 3.8) is 0 Å². The maximum Gasteiger partial charge on any atom is 0.308 e. The third kappa shape index (κ3) is 3.18. The minimum Gasteiger partial charge on any atom is -0.481 e. The lowest BCUT2D eigenvalue weighted by Crippen LogP contribution is -2.42. The predicted molar refractivity (Wildman–Crippen MR) is 74.1 cm³/mol. The second kappa shape index (κ2) is 5.90. The van der Waals surface area contributed by atoms with E-state index in [1.807, 2.05) is 0 Å². The molecule has 7 nitrogen and oxygen atoms in total. The second-order valence-corrected chi connectivity index (χ2v) is 5.18. The van der Waals surface area contributed by atoms with Gasteiger partial charge in [0.2, 0.25) is 0 Å². The molecule has 1 amide bonds. The quantitative estimate of drug-likeness (QED) is 0.676. The van der Waals surface area contributed by atoms with Crippen LogP contribution >= 0.6 is 0 Å². The molecule has 0 radical (unpaired) electrons. The van der Waals surface area contributed by atoms with Crippen LogP contribution in [0.3, 0.4) is 0 Å². The molecule has 1 saturated heterocycles. The molecule has 1 aliphatic rings. The fourth-order valence-corrected chi connectivity index (χ4v) is 2.49. The van der Waals surface area contributed by atoms with Crippen molar-refractivity contribution >= 4 is 17.6 Å². The predicted octanol–water partition coefficient (Wildman–Crippen LogP) is 1.84. The maximum absolute atomic E-state index is 12.5. The number of carbonyl (C=O) groups excluding carboxylic acids is 1. The van der Waals surface area contributed by atoms with E-state index in [0.29, 0.717) is 24.9 Å². The number of likely N-dealkylation sites (tertiary alicyclic amines) is 1. The molecule has 2 rings (SSSR count). The number of nitro groups is 1. The number of non-ortho nitro benzene ring substituents is 1. The molecule has 1 aromatic carbocycles. The standard InChI is InChI=1S/C14H16N2O5/c1-9-4-5-11(16(20)21)7-12(9)13(17)15-6-2-3-10(8-15)14(18)19/h4-5,7,10H,2-3,6,8H2,1H3,(H,18,19)/t10-/m0/s1. The first-order valence-corrected chi connectivity index (χ1v) is 6.67. The van der Waals surface area contributed by atoms with Crippen LogP contribution in [0.2, 0.25) is 0 Å². The maximum atomic E-state index is 12.5. The van der Waals surface area contributed by atoms with Crippen molar-refractivity contribution in [2.24, 2.45) is 5.92 Å². The van der Waals surface area contributed by atoms with Crippen LogP contribution in [0.5, 0.6) is 0 Å². The van der Waals surface area contributed by atoms with Crippen LogP contribution in [0.25, 0.3) is 0 Å². The van der Waals surface area contributed by atoms with Gasteiger partial charge in [-0.25, -0.2) is 0 Å². The van der Waals surface area contributed by atoms with Crippen LogP contribution in [0.15, 0.2) is 18.2 Å². The van der Waals surface area contributed by atoms with Gasteiger partial charge in [0.15, 0.2) is 0 Å². The van der Waals surface area contributed by atoms with E-state index < -0.39 is 16.8 Å². The van der Waals surface area contributed by atoms with Gasteiger partial charge in [0.25, 0.3) is 11.6 Å². The smallest absolute Gasteiger partial charge is 0.308 e. The van der Waals surface area contributed by atoms with Crippen molar-refractivity contribution in [3.05, 3.63) is 39.4 Å². The summed E-state index contributed by atoms with van der Waals surface area (Å²) < 4.78 is 0. The highest BCUT2D eigenvalue weighted by Gasteiger charge is 2.29. The Labute approximate surface area is 121 Å². The third-order valence-electron chi connectivity index (χ3n) is 3.72. The number of piperidine rings is 1. The van der Waals surface area contributed by atoms with Gasteiger partial charge < -0.3 is 10.0 Å². The fourth-order valence-electron chi connectivity index (χ4n) is 2.49. The first-order chi connectivity index (χ1) is 9.90. The summed E-state index contributed by atoms with van der Waals surface area (Å²) >= 11 is 0. The van der Waals surface area contributed by atoms with E-state index in [-0.39, 0.29) is 23.7 Å². The Morgan fingerprint density at radius 3 is 2.76 bits per heavy atom. The summed E-state index contributed by atoms with van der Waals surface area (Å²) in [5.74, 6) is -1.83. The number of carbonyl (C=O) groups is 2. The van der Waals surface area contributed by atoms with Gasteiger partial charge in [0.1, 0.15) is 0 Å². The lowest BCUT2D eigenvalue weighted by Gasteiger charge is -2.31. The van der Waals surface area contributed by atoms with Crippen molar-refractivity contribution in [1.82, 2.24) is 4.90 Å². The molecule has 112 valence electrons. The van der Waals surface area contributed by atoms with Crippen LogP contribution in [-0.2, 0) is 4.79 Å². The number of carboxylic acids is 1.